The topological polar surface area (TPSA) is 50.4 Å². The predicted octanol–water partition coefficient (Wildman–Crippen LogP) is 6.70. The Balaban J connectivity index is 1.79. The third-order valence-electron chi connectivity index (χ3n) is 5.37. The lowest BCUT2D eigenvalue weighted by molar-refractivity contribution is 0.103. The number of furan rings is 1. The van der Waals surface area contributed by atoms with E-state index >= 15 is 0 Å². The Morgan fingerprint density at radius 2 is 1.74 bits per heavy atom. The molecule has 0 saturated heterocycles. The summed E-state index contributed by atoms with van der Waals surface area (Å²) in [6, 6.07) is 11.3. The summed E-state index contributed by atoms with van der Waals surface area (Å²) in [5.41, 5.74) is 2.06. The molecule has 1 heterocycles. The molecule has 0 unspecified atom stereocenters. The number of carbonyl (C=O) groups is 1. The number of phenolic OH excluding ortho intramolecular Hbond substituents is 1. The largest absolute Gasteiger partial charge is 0.506 e. The fourth-order valence-electron chi connectivity index (χ4n) is 3.98. The van der Waals surface area contributed by atoms with E-state index in [1.54, 1.807) is 12.1 Å². The van der Waals surface area contributed by atoms with Crippen LogP contribution < -0.4 is 0 Å². The molecule has 0 bridgehead atoms. The molecule has 1 aromatic heterocycles. The molecule has 1 fully saturated rings. The van der Waals surface area contributed by atoms with Crippen molar-refractivity contribution >= 4 is 61.9 Å². The first-order valence-corrected chi connectivity index (χ1v) is 11.4. The van der Waals surface area contributed by atoms with Gasteiger partial charge in [0.15, 0.2) is 5.78 Å². The minimum atomic E-state index is -0.0263. The summed E-state index contributed by atoms with van der Waals surface area (Å²) in [4.78, 5) is 13.5. The van der Waals surface area contributed by atoms with E-state index in [0.717, 1.165) is 23.2 Å². The van der Waals surface area contributed by atoms with Gasteiger partial charge in [-0.3, -0.25) is 4.79 Å². The van der Waals surface area contributed by atoms with Crippen molar-refractivity contribution < 1.29 is 14.3 Å². The molecular weight excluding hydrogens is 566 g/mol. The first kappa shape index (κ1) is 19.2. The number of hydrogen-bond donors (Lipinski definition) is 1. The lowest BCUT2D eigenvalue weighted by Gasteiger charge is -2.20. The Hall–Kier alpha value is -1.09. The van der Waals surface area contributed by atoms with E-state index in [4.69, 9.17) is 4.42 Å². The van der Waals surface area contributed by atoms with Crippen molar-refractivity contribution in [1.82, 2.24) is 0 Å². The van der Waals surface area contributed by atoms with E-state index < -0.39 is 0 Å². The standard InChI is InChI=1S/C22H20I2O3/c23-16-11-14(12-17(24)22(16)26)21(25)20-15-8-4-5-9-18(15)27-19(20)10-13-6-2-1-3-7-13/h4-5,8-9,11-13,26H,1-3,6-7,10H2. The Kier molecular flexibility index (Phi) is 5.78. The van der Waals surface area contributed by atoms with E-state index in [9.17, 15) is 9.90 Å². The monoisotopic (exact) mass is 586 g/mol. The predicted molar refractivity (Wildman–Crippen MR) is 123 cm³/mol. The lowest BCUT2D eigenvalue weighted by atomic mass is 9.85. The molecule has 4 rings (SSSR count). The minimum absolute atomic E-state index is 0.0263. The van der Waals surface area contributed by atoms with E-state index in [2.05, 4.69) is 45.2 Å². The quantitative estimate of drug-likeness (QED) is 0.274. The summed E-state index contributed by atoms with van der Waals surface area (Å²) in [6.45, 7) is 0. The Morgan fingerprint density at radius 1 is 1.07 bits per heavy atom. The van der Waals surface area contributed by atoms with E-state index in [1.165, 1.54) is 32.1 Å². The van der Waals surface area contributed by atoms with Crippen LogP contribution in [0, 0.1) is 13.1 Å². The van der Waals surface area contributed by atoms with Gasteiger partial charge in [0.25, 0.3) is 0 Å². The van der Waals surface area contributed by atoms with Crippen LogP contribution in [-0.2, 0) is 6.42 Å². The second kappa shape index (κ2) is 8.11. The van der Waals surface area contributed by atoms with Crippen molar-refractivity contribution in [2.24, 2.45) is 5.92 Å². The number of para-hydroxylation sites is 1. The normalized spacial score (nSPS) is 15.3. The van der Waals surface area contributed by atoms with Gasteiger partial charge in [-0.1, -0.05) is 50.3 Å². The van der Waals surface area contributed by atoms with Gasteiger partial charge in [0, 0.05) is 17.4 Å². The average molecular weight is 586 g/mol. The molecule has 1 N–H and O–H groups in total. The maximum atomic E-state index is 13.5. The van der Waals surface area contributed by atoms with Gasteiger partial charge in [-0.2, -0.15) is 0 Å². The molecule has 0 spiro atoms. The first-order valence-electron chi connectivity index (χ1n) is 9.27. The van der Waals surface area contributed by atoms with Crippen LogP contribution in [0.15, 0.2) is 40.8 Å². The smallest absolute Gasteiger partial charge is 0.197 e. The van der Waals surface area contributed by atoms with Crippen LogP contribution in [0.3, 0.4) is 0 Å². The highest BCUT2D eigenvalue weighted by Gasteiger charge is 2.25. The lowest BCUT2D eigenvalue weighted by Crippen LogP contribution is -2.12. The second-order valence-electron chi connectivity index (χ2n) is 7.22. The summed E-state index contributed by atoms with van der Waals surface area (Å²) in [5, 5.41) is 10.9. The van der Waals surface area contributed by atoms with E-state index in [0.29, 0.717) is 24.2 Å². The molecule has 0 atom stereocenters. The van der Waals surface area contributed by atoms with Crippen LogP contribution in [0.2, 0.25) is 0 Å². The van der Waals surface area contributed by atoms with Gasteiger partial charge >= 0.3 is 0 Å². The van der Waals surface area contributed by atoms with Gasteiger partial charge in [-0.15, -0.1) is 0 Å². The molecule has 0 aliphatic heterocycles. The molecule has 3 nitrogen and oxygen atoms in total. The summed E-state index contributed by atoms with van der Waals surface area (Å²) in [6.07, 6.45) is 7.08. The van der Waals surface area contributed by atoms with Crippen LogP contribution in [0.1, 0.15) is 53.8 Å². The van der Waals surface area contributed by atoms with Gasteiger partial charge < -0.3 is 9.52 Å². The first-order chi connectivity index (χ1) is 13.0. The molecule has 0 radical (unpaired) electrons. The molecule has 1 aliphatic carbocycles. The molecule has 2 aromatic carbocycles. The molecule has 27 heavy (non-hydrogen) atoms. The molecular formula is C22H20I2O3. The molecule has 0 amide bonds. The highest BCUT2D eigenvalue weighted by molar-refractivity contribution is 14.1. The number of benzene rings is 2. The number of rotatable bonds is 4. The zero-order valence-corrected chi connectivity index (χ0v) is 19.1. The molecule has 1 saturated carbocycles. The zero-order chi connectivity index (χ0) is 19.0. The zero-order valence-electron chi connectivity index (χ0n) is 14.8. The summed E-state index contributed by atoms with van der Waals surface area (Å²) in [5.74, 6) is 1.60. The number of phenols is 1. The van der Waals surface area contributed by atoms with Crippen LogP contribution >= 0.6 is 45.2 Å². The van der Waals surface area contributed by atoms with Gasteiger partial charge in [0.1, 0.15) is 17.1 Å². The average Bonchev–Trinajstić information content (AvgIpc) is 3.03. The third-order valence-corrected chi connectivity index (χ3v) is 7.02. The maximum Gasteiger partial charge on any atom is 0.197 e. The number of aromatic hydroxyl groups is 1. The summed E-state index contributed by atoms with van der Waals surface area (Å²) < 4.78 is 7.52. The van der Waals surface area contributed by atoms with Crippen molar-refractivity contribution in [2.75, 3.05) is 0 Å². The second-order valence-corrected chi connectivity index (χ2v) is 9.55. The molecule has 1 aliphatic rings. The van der Waals surface area contributed by atoms with E-state index in [-0.39, 0.29) is 11.5 Å². The number of halogens is 2. The van der Waals surface area contributed by atoms with Gasteiger partial charge in [0.05, 0.1) is 12.7 Å². The van der Waals surface area contributed by atoms with Crippen LogP contribution in [0.5, 0.6) is 5.75 Å². The SMILES string of the molecule is O=C(c1cc(I)c(O)c(I)c1)c1c(CC2CCCCC2)oc2ccccc12. The highest BCUT2D eigenvalue weighted by atomic mass is 127. The maximum absolute atomic E-state index is 13.5. The fraction of sp³-hybridized carbons (Fsp3) is 0.318. The van der Waals surface area contributed by atoms with Crippen LogP contribution in [-0.4, -0.2) is 10.9 Å². The van der Waals surface area contributed by atoms with Gasteiger partial charge in [-0.25, -0.2) is 0 Å². The van der Waals surface area contributed by atoms with Crippen LogP contribution in [0.4, 0.5) is 0 Å². The van der Waals surface area contributed by atoms with Crippen molar-refractivity contribution in [2.45, 2.75) is 38.5 Å². The van der Waals surface area contributed by atoms with Crippen LogP contribution in [0.25, 0.3) is 11.0 Å². The Bertz CT molecular complexity index is 977. The molecule has 5 heteroatoms. The van der Waals surface area contributed by atoms with Gasteiger partial charge in [0.2, 0.25) is 0 Å². The van der Waals surface area contributed by atoms with Crippen molar-refractivity contribution in [3.63, 3.8) is 0 Å². The highest BCUT2D eigenvalue weighted by Crippen LogP contribution is 2.35. The third kappa shape index (κ3) is 3.90. The molecule has 140 valence electrons. The number of ketones is 1. The Morgan fingerprint density at radius 3 is 2.44 bits per heavy atom. The summed E-state index contributed by atoms with van der Waals surface area (Å²) in [7, 11) is 0. The summed E-state index contributed by atoms with van der Waals surface area (Å²) >= 11 is 4.14. The number of hydrogen-bond acceptors (Lipinski definition) is 3. The molecule has 3 aromatic rings. The number of fused-ring (bicyclic) bond motifs is 1. The Labute approximate surface area is 185 Å². The van der Waals surface area contributed by atoms with Crippen molar-refractivity contribution in [3.8, 4) is 5.75 Å². The number of carbonyl (C=O) groups excluding carboxylic acids is 1. The van der Waals surface area contributed by atoms with Crippen molar-refractivity contribution in [3.05, 3.63) is 60.4 Å². The minimum Gasteiger partial charge on any atom is -0.506 e. The van der Waals surface area contributed by atoms with Crippen molar-refractivity contribution in [1.29, 1.82) is 0 Å². The van der Waals surface area contributed by atoms with E-state index in [1.807, 2.05) is 24.3 Å². The van der Waals surface area contributed by atoms with Gasteiger partial charge in [-0.05, 0) is 69.3 Å². The fourth-order valence-corrected chi connectivity index (χ4v) is 5.75.